The van der Waals surface area contributed by atoms with E-state index in [1.807, 2.05) is 70.8 Å². The lowest BCUT2D eigenvalue weighted by atomic mass is 9.89. The molecule has 1 aromatic heterocycles. The summed E-state index contributed by atoms with van der Waals surface area (Å²) in [6.07, 6.45) is 4.76. The van der Waals surface area contributed by atoms with Crippen molar-refractivity contribution in [3.05, 3.63) is 142 Å². The molecule has 4 aromatic carbocycles. The van der Waals surface area contributed by atoms with E-state index in [1.165, 1.54) is 5.56 Å². The Balaban J connectivity index is 1.17. The van der Waals surface area contributed by atoms with Gasteiger partial charge < -0.3 is 33.8 Å². The first-order valence-electron chi connectivity index (χ1n) is 20.3. The number of hydrogen-bond acceptors (Lipinski definition) is 7. The maximum atomic E-state index is 15.4. The maximum Gasteiger partial charge on any atom is 0.259 e. The van der Waals surface area contributed by atoms with E-state index in [0.29, 0.717) is 56.1 Å². The van der Waals surface area contributed by atoms with Gasteiger partial charge in [0.05, 0.1) is 25.9 Å². The molecule has 0 aliphatic carbocycles. The highest BCUT2D eigenvalue weighted by Gasteiger charge is 2.35. The molecular formula is C48H51N5O6. The Labute approximate surface area is 345 Å². The molecule has 1 fully saturated rings. The largest absolute Gasteiger partial charge is 0.508 e. The van der Waals surface area contributed by atoms with Gasteiger partial charge in [-0.05, 0) is 108 Å². The maximum absolute atomic E-state index is 15.4. The minimum Gasteiger partial charge on any atom is -0.508 e. The number of nitrogens with zero attached hydrogens (tertiary/aromatic N) is 5. The molecule has 0 radical (unpaired) electrons. The van der Waals surface area contributed by atoms with Crippen LogP contribution in [0.5, 0.6) is 11.5 Å². The third-order valence-corrected chi connectivity index (χ3v) is 12.2. The second kappa shape index (κ2) is 17.0. The highest BCUT2D eigenvalue weighted by molar-refractivity contribution is 6.08. The monoisotopic (exact) mass is 793 g/mol. The van der Waals surface area contributed by atoms with Gasteiger partial charge in [-0.3, -0.25) is 19.3 Å². The number of benzene rings is 4. The van der Waals surface area contributed by atoms with Crippen molar-refractivity contribution < 1.29 is 29.0 Å². The van der Waals surface area contributed by atoms with Crippen LogP contribution >= 0.6 is 0 Å². The van der Waals surface area contributed by atoms with Crippen LogP contribution in [-0.2, 0) is 42.5 Å². The van der Waals surface area contributed by atoms with Gasteiger partial charge in [-0.1, -0.05) is 36.4 Å². The van der Waals surface area contributed by atoms with Crippen LogP contribution in [0.25, 0.3) is 17.3 Å². The number of fused-ring (bicyclic) bond motifs is 2. The fourth-order valence-corrected chi connectivity index (χ4v) is 8.58. The summed E-state index contributed by atoms with van der Waals surface area (Å²) in [6.45, 7) is 7.01. The van der Waals surface area contributed by atoms with Crippen molar-refractivity contribution in [2.75, 3.05) is 58.5 Å². The van der Waals surface area contributed by atoms with E-state index in [0.717, 1.165) is 71.0 Å². The molecular weight excluding hydrogens is 743 g/mol. The number of aromatic hydroxyl groups is 1. The molecule has 1 saturated heterocycles. The Bertz CT molecular complexity index is 2410. The van der Waals surface area contributed by atoms with Crippen LogP contribution in [-0.4, -0.2) is 102 Å². The number of carbonyl (C=O) groups is 3. The molecule has 0 saturated carbocycles. The lowest BCUT2D eigenvalue weighted by molar-refractivity contribution is -0.126. The molecule has 0 unspecified atom stereocenters. The zero-order valence-electron chi connectivity index (χ0n) is 34.2. The number of rotatable bonds is 9. The summed E-state index contributed by atoms with van der Waals surface area (Å²) in [5.41, 5.74) is 9.27. The van der Waals surface area contributed by atoms with Crippen molar-refractivity contribution in [2.45, 2.75) is 38.9 Å². The minimum absolute atomic E-state index is 0.0644. The minimum atomic E-state index is -0.199. The molecule has 0 spiro atoms. The number of amides is 3. The van der Waals surface area contributed by atoms with E-state index in [9.17, 15) is 14.7 Å². The number of anilines is 1. The molecule has 59 heavy (non-hydrogen) atoms. The van der Waals surface area contributed by atoms with E-state index in [2.05, 4.69) is 29.2 Å². The molecule has 5 aromatic rings. The number of methoxy groups -OCH3 is 1. The molecule has 8 rings (SSSR count). The Kier molecular flexibility index (Phi) is 11.4. The fourth-order valence-electron chi connectivity index (χ4n) is 8.58. The third kappa shape index (κ3) is 8.26. The van der Waals surface area contributed by atoms with Gasteiger partial charge in [0.2, 0.25) is 5.91 Å². The van der Waals surface area contributed by atoms with E-state index in [1.54, 1.807) is 55.5 Å². The van der Waals surface area contributed by atoms with Crippen molar-refractivity contribution in [3.8, 4) is 22.8 Å². The van der Waals surface area contributed by atoms with Crippen molar-refractivity contribution in [1.29, 1.82) is 0 Å². The van der Waals surface area contributed by atoms with Crippen LogP contribution in [0.2, 0.25) is 0 Å². The number of carbonyl (C=O) groups excluding carboxylic acids is 3. The Morgan fingerprint density at radius 3 is 2.39 bits per heavy atom. The van der Waals surface area contributed by atoms with Crippen molar-refractivity contribution in [3.63, 3.8) is 0 Å². The van der Waals surface area contributed by atoms with E-state index in [4.69, 9.17) is 9.47 Å². The molecule has 4 heterocycles. The predicted molar refractivity (Wildman–Crippen MR) is 229 cm³/mol. The third-order valence-electron chi connectivity index (χ3n) is 12.2. The standard InChI is InChI=1S/C48H51N5O6/c1-32-42(47(56)50(3)38-13-15-40(54)16-14-38)28-45(49(32)2)43-26-35-18-19-52(46(55)17-12-33-8-7-11-41(24-33)58-4)29-37(35)27-44(43)48(57)53-30-36-10-6-5-9-34(36)25-39(53)31-51-20-22-59-23-21-51/h5-17,24,26-28,39,54H,18-23,25,29-31H2,1-4H3/t39-/m0/s1. The first-order valence-corrected chi connectivity index (χ1v) is 20.3. The molecule has 304 valence electrons. The zero-order valence-corrected chi connectivity index (χ0v) is 34.2. The summed E-state index contributed by atoms with van der Waals surface area (Å²) in [4.78, 5) is 50.9. The van der Waals surface area contributed by atoms with Crippen molar-refractivity contribution in [1.82, 2.24) is 19.3 Å². The molecule has 3 aliphatic heterocycles. The summed E-state index contributed by atoms with van der Waals surface area (Å²) in [5.74, 6) is 0.463. The van der Waals surface area contributed by atoms with Gasteiger partial charge in [-0.25, -0.2) is 0 Å². The quantitative estimate of drug-likeness (QED) is 0.170. The van der Waals surface area contributed by atoms with E-state index in [-0.39, 0.29) is 29.5 Å². The number of phenolic OH excluding ortho intramolecular Hbond substituents is 1. The fraction of sp³-hybridized carbons (Fsp3) is 0.312. The topological polar surface area (TPSA) is 108 Å². The number of morpholine rings is 1. The molecule has 11 heteroatoms. The average Bonchev–Trinajstić information content (AvgIpc) is 3.57. The normalized spacial score (nSPS) is 16.8. The van der Waals surface area contributed by atoms with Gasteiger partial charge in [-0.2, -0.15) is 0 Å². The van der Waals surface area contributed by atoms with Gasteiger partial charge in [0, 0.05) is 93.7 Å². The molecule has 0 bridgehead atoms. The SMILES string of the molecule is COc1cccc(C=CC(=O)N2CCc3cc(-c4cc(C(=O)N(C)c5ccc(O)cc5)c(C)n4C)c(C(=O)N4Cc5ccccc5C[C@H]4CN4CCOCC4)cc3C2)c1. The smallest absolute Gasteiger partial charge is 0.259 e. The van der Waals surface area contributed by atoms with Crippen LogP contribution in [0.3, 0.4) is 0 Å². The second-order valence-corrected chi connectivity index (χ2v) is 15.7. The Hall–Kier alpha value is -6.17. The number of phenols is 1. The van der Waals surface area contributed by atoms with Gasteiger partial charge in [-0.15, -0.1) is 0 Å². The predicted octanol–water partition coefficient (Wildman–Crippen LogP) is 6.49. The first kappa shape index (κ1) is 39.6. The van der Waals surface area contributed by atoms with E-state index >= 15 is 4.79 Å². The molecule has 11 nitrogen and oxygen atoms in total. The zero-order chi connectivity index (χ0) is 41.2. The molecule has 1 atom stereocenters. The summed E-state index contributed by atoms with van der Waals surface area (Å²) in [6, 6.07) is 28.4. The molecule has 1 N–H and O–H groups in total. The van der Waals surface area contributed by atoms with Gasteiger partial charge in [0.15, 0.2) is 0 Å². The van der Waals surface area contributed by atoms with Crippen LogP contribution in [0.15, 0.2) is 97.1 Å². The van der Waals surface area contributed by atoms with Crippen LogP contribution < -0.4 is 9.64 Å². The first-order chi connectivity index (χ1) is 28.6. The van der Waals surface area contributed by atoms with Crippen molar-refractivity contribution in [2.24, 2.45) is 7.05 Å². The van der Waals surface area contributed by atoms with Gasteiger partial charge in [0.25, 0.3) is 11.8 Å². The Morgan fingerprint density at radius 2 is 1.63 bits per heavy atom. The average molecular weight is 794 g/mol. The van der Waals surface area contributed by atoms with Gasteiger partial charge in [0.1, 0.15) is 11.5 Å². The highest BCUT2D eigenvalue weighted by atomic mass is 16.5. The molecule has 3 amide bonds. The van der Waals surface area contributed by atoms with Gasteiger partial charge >= 0.3 is 0 Å². The Morgan fingerprint density at radius 1 is 0.864 bits per heavy atom. The number of aromatic nitrogens is 1. The highest BCUT2D eigenvalue weighted by Crippen LogP contribution is 2.36. The van der Waals surface area contributed by atoms with E-state index < -0.39 is 0 Å². The summed E-state index contributed by atoms with van der Waals surface area (Å²) in [7, 11) is 5.27. The van der Waals surface area contributed by atoms with Crippen LogP contribution in [0, 0.1) is 6.92 Å². The number of ether oxygens (including phenoxy) is 2. The summed E-state index contributed by atoms with van der Waals surface area (Å²) >= 11 is 0. The van der Waals surface area contributed by atoms with Crippen LogP contribution in [0.1, 0.15) is 54.2 Å². The molecule has 3 aliphatic rings. The lowest BCUT2D eigenvalue weighted by Crippen LogP contribution is -2.52. The number of hydrogen-bond donors (Lipinski definition) is 1. The summed E-state index contributed by atoms with van der Waals surface area (Å²) in [5, 5.41) is 9.85. The second-order valence-electron chi connectivity index (χ2n) is 15.7. The van der Waals surface area contributed by atoms with Crippen molar-refractivity contribution >= 4 is 29.5 Å². The lowest BCUT2D eigenvalue weighted by Gasteiger charge is -2.41. The summed E-state index contributed by atoms with van der Waals surface area (Å²) < 4.78 is 13.0. The van der Waals surface area contributed by atoms with Crippen LogP contribution in [0.4, 0.5) is 5.69 Å².